The standard InChI is InChI=1S/C10H8O2S.C2H6/c11-10-6-8(13-12)5-7-3-1-2-4-9(7)10;1-2/h1-6,11-12H;1-2H3. The third kappa shape index (κ3) is 2.64. The Labute approximate surface area is 93.8 Å². The minimum Gasteiger partial charge on any atom is -0.507 e. The molecule has 0 radical (unpaired) electrons. The molecule has 15 heavy (non-hydrogen) atoms. The summed E-state index contributed by atoms with van der Waals surface area (Å²) in [6, 6.07) is 10.9. The fraction of sp³-hybridized carbons (Fsp3) is 0.167. The Balaban J connectivity index is 0.000000531. The van der Waals surface area contributed by atoms with Gasteiger partial charge in [-0.25, -0.2) is 0 Å². The van der Waals surface area contributed by atoms with Crippen molar-refractivity contribution in [2.24, 2.45) is 0 Å². The Bertz CT molecular complexity index is 441. The summed E-state index contributed by atoms with van der Waals surface area (Å²) in [4.78, 5) is 0.649. The third-order valence-electron chi connectivity index (χ3n) is 1.92. The lowest BCUT2D eigenvalue weighted by Gasteiger charge is -2.02. The highest BCUT2D eigenvalue weighted by molar-refractivity contribution is 7.93. The van der Waals surface area contributed by atoms with Crippen LogP contribution in [0.1, 0.15) is 13.8 Å². The maximum Gasteiger partial charge on any atom is 0.124 e. The Morgan fingerprint density at radius 3 is 2.40 bits per heavy atom. The van der Waals surface area contributed by atoms with E-state index in [0.29, 0.717) is 16.9 Å². The van der Waals surface area contributed by atoms with Gasteiger partial charge >= 0.3 is 0 Å². The highest BCUT2D eigenvalue weighted by Gasteiger charge is 2.01. The van der Waals surface area contributed by atoms with E-state index in [9.17, 15) is 5.11 Å². The van der Waals surface area contributed by atoms with Gasteiger partial charge < -0.3 is 9.66 Å². The zero-order chi connectivity index (χ0) is 11.3. The monoisotopic (exact) mass is 222 g/mol. The minimum atomic E-state index is 0.203. The van der Waals surface area contributed by atoms with Crippen LogP contribution in [0, 0.1) is 0 Å². The van der Waals surface area contributed by atoms with Crippen molar-refractivity contribution in [3.63, 3.8) is 0 Å². The summed E-state index contributed by atoms with van der Waals surface area (Å²) in [7, 11) is 0. The highest BCUT2D eigenvalue weighted by atomic mass is 32.2. The van der Waals surface area contributed by atoms with Crippen molar-refractivity contribution >= 4 is 22.8 Å². The molecule has 0 atom stereocenters. The summed E-state index contributed by atoms with van der Waals surface area (Å²) in [6.45, 7) is 4.00. The summed E-state index contributed by atoms with van der Waals surface area (Å²) in [5, 5.41) is 11.3. The first-order valence-electron chi connectivity index (χ1n) is 4.84. The summed E-state index contributed by atoms with van der Waals surface area (Å²) in [5.41, 5.74) is 0. The van der Waals surface area contributed by atoms with E-state index in [-0.39, 0.29) is 5.75 Å². The van der Waals surface area contributed by atoms with Crippen molar-refractivity contribution in [3.05, 3.63) is 36.4 Å². The number of phenols is 1. The summed E-state index contributed by atoms with van der Waals surface area (Å²) >= 11 is 0.638. The second-order valence-corrected chi connectivity index (χ2v) is 3.41. The zero-order valence-corrected chi connectivity index (χ0v) is 9.58. The van der Waals surface area contributed by atoms with Crippen LogP contribution in [0.2, 0.25) is 0 Å². The molecule has 2 aromatic rings. The lowest BCUT2D eigenvalue weighted by atomic mass is 10.1. The molecule has 0 aromatic heterocycles. The van der Waals surface area contributed by atoms with Gasteiger partial charge in [0, 0.05) is 22.3 Å². The molecule has 0 heterocycles. The number of phenolic OH excluding ortho intramolecular Hbond substituents is 1. The number of rotatable bonds is 1. The van der Waals surface area contributed by atoms with Crippen molar-refractivity contribution in [2.75, 3.05) is 0 Å². The second-order valence-electron chi connectivity index (χ2n) is 2.75. The molecule has 0 spiro atoms. The van der Waals surface area contributed by atoms with E-state index in [1.165, 1.54) is 0 Å². The summed E-state index contributed by atoms with van der Waals surface area (Å²) in [6.07, 6.45) is 0. The quantitative estimate of drug-likeness (QED) is 0.712. The Kier molecular flexibility index (Phi) is 4.46. The topological polar surface area (TPSA) is 40.5 Å². The van der Waals surface area contributed by atoms with Crippen LogP contribution >= 0.6 is 12.0 Å². The Morgan fingerprint density at radius 2 is 1.73 bits per heavy atom. The lowest BCUT2D eigenvalue weighted by Crippen LogP contribution is -1.75. The molecule has 2 N–H and O–H groups in total. The third-order valence-corrected chi connectivity index (χ3v) is 2.37. The van der Waals surface area contributed by atoms with Crippen LogP contribution in [0.15, 0.2) is 41.3 Å². The van der Waals surface area contributed by atoms with E-state index in [1.807, 2.05) is 44.2 Å². The number of hydrogen-bond donors (Lipinski definition) is 2. The van der Waals surface area contributed by atoms with Crippen molar-refractivity contribution in [1.82, 2.24) is 0 Å². The van der Waals surface area contributed by atoms with Crippen LogP contribution in [0.5, 0.6) is 5.75 Å². The van der Waals surface area contributed by atoms with Crippen molar-refractivity contribution in [1.29, 1.82) is 0 Å². The van der Waals surface area contributed by atoms with Gasteiger partial charge in [-0.1, -0.05) is 38.1 Å². The van der Waals surface area contributed by atoms with Crippen molar-refractivity contribution in [3.8, 4) is 5.75 Å². The fourth-order valence-electron chi connectivity index (χ4n) is 1.32. The van der Waals surface area contributed by atoms with Gasteiger partial charge in [0.15, 0.2) is 0 Å². The van der Waals surface area contributed by atoms with E-state index in [2.05, 4.69) is 0 Å². The average molecular weight is 222 g/mol. The highest BCUT2D eigenvalue weighted by Crippen LogP contribution is 2.29. The molecule has 80 valence electrons. The fourth-order valence-corrected chi connectivity index (χ4v) is 1.66. The van der Waals surface area contributed by atoms with Gasteiger partial charge in [0.05, 0.1) is 0 Å². The van der Waals surface area contributed by atoms with Crippen molar-refractivity contribution in [2.45, 2.75) is 18.7 Å². The van der Waals surface area contributed by atoms with Gasteiger partial charge in [0.2, 0.25) is 0 Å². The van der Waals surface area contributed by atoms with E-state index < -0.39 is 0 Å². The molecule has 2 aromatic carbocycles. The van der Waals surface area contributed by atoms with Gasteiger partial charge in [0.1, 0.15) is 5.75 Å². The molecule has 0 saturated heterocycles. The molecular formula is C12H14O2S. The molecule has 0 fully saturated rings. The van der Waals surface area contributed by atoms with E-state index >= 15 is 0 Å². The number of fused-ring (bicyclic) bond motifs is 1. The van der Waals surface area contributed by atoms with Crippen LogP contribution in [0.4, 0.5) is 0 Å². The first-order valence-corrected chi connectivity index (χ1v) is 5.62. The molecule has 0 unspecified atom stereocenters. The molecule has 0 amide bonds. The summed E-state index contributed by atoms with van der Waals surface area (Å²) < 4.78 is 8.83. The van der Waals surface area contributed by atoms with E-state index in [1.54, 1.807) is 6.07 Å². The van der Waals surface area contributed by atoms with Gasteiger partial charge in [0.25, 0.3) is 0 Å². The molecule has 3 heteroatoms. The first kappa shape index (κ1) is 11.9. The second kappa shape index (κ2) is 5.63. The average Bonchev–Trinajstić information content (AvgIpc) is 2.31. The SMILES string of the molecule is CC.OSc1cc(O)c2ccccc2c1. The Morgan fingerprint density at radius 1 is 1.07 bits per heavy atom. The molecular weight excluding hydrogens is 208 g/mol. The van der Waals surface area contributed by atoms with E-state index in [0.717, 1.165) is 10.8 Å². The maximum atomic E-state index is 9.56. The largest absolute Gasteiger partial charge is 0.507 e. The number of benzene rings is 2. The molecule has 0 saturated carbocycles. The van der Waals surface area contributed by atoms with Gasteiger partial charge in [-0.3, -0.25) is 0 Å². The normalized spacial score (nSPS) is 9.53. The van der Waals surface area contributed by atoms with Crippen LogP contribution in [-0.2, 0) is 0 Å². The van der Waals surface area contributed by atoms with E-state index in [4.69, 9.17) is 4.55 Å². The number of hydrogen-bond acceptors (Lipinski definition) is 3. The van der Waals surface area contributed by atoms with Crippen LogP contribution < -0.4 is 0 Å². The van der Waals surface area contributed by atoms with Crippen LogP contribution in [0.3, 0.4) is 0 Å². The predicted molar refractivity (Wildman–Crippen MR) is 65.4 cm³/mol. The minimum absolute atomic E-state index is 0.203. The molecule has 0 aliphatic rings. The summed E-state index contributed by atoms with van der Waals surface area (Å²) in [5.74, 6) is 0.203. The molecule has 2 rings (SSSR count). The van der Waals surface area contributed by atoms with Gasteiger partial charge in [-0.05, 0) is 17.5 Å². The molecule has 0 bridgehead atoms. The van der Waals surface area contributed by atoms with Crippen LogP contribution in [0.25, 0.3) is 10.8 Å². The van der Waals surface area contributed by atoms with Crippen molar-refractivity contribution < 1.29 is 9.66 Å². The molecule has 0 aliphatic carbocycles. The lowest BCUT2D eigenvalue weighted by molar-refractivity contribution is 0.480. The van der Waals surface area contributed by atoms with Crippen LogP contribution in [-0.4, -0.2) is 9.66 Å². The van der Waals surface area contributed by atoms with Gasteiger partial charge in [-0.2, -0.15) is 0 Å². The molecule has 2 nitrogen and oxygen atoms in total. The smallest absolute Gasteiger partial charge is 0.124 e. The maximum absolute atomic E-state index is 9.56. The molecule has 0 aliphatic heterocycles. The van der Waals surface area contributed by atoms with Gasteiger partial charge in [-0.15, -0.1) is 0 Å². The zero-order valence-electron chi connectivity index (χ0n) is 8.77. The predicted octanol–water partition coefficient (Wildman–Crippen LogP) is 4.14. The number of aromatic hydroxyl groups is 1. The first-order chi connectivity index (χ1) is 7.31. The Hall–Kier alpha value is -1.19.